The first-order valence-corrected chi connectivity index (χ1v) is 11.9. The van der Waals surface area contributed by atoms with Crippen LogP contribution in [0, 0.1) is 6.92 Å². The second-order valence-electron chi connectivity index (χ2n) is 8.13. The van der Waals surface area contributed by atoms with Crippen LogP contribution in [-0.4, -0.2) is 17.6 Å². The van der Waals surface area contributed by atoms with Crippen molar-refractivity contribution in [3.05, 3.63) is 115 Å². The lowest BCUT2D eigenvalue weighted by molar-refractivity contribution is -0.113. The monoisotopic (exact) mass is 485 g/mol. The molecule has 1 N–H and O–H groups in total. The number of aryl methyl sites for hydroxylation is 1. The number of para-hydroxylation sites is 1. The zero-order valence-corrected chi connectivity index (χ0v) is 20.3. The van der Waals surface area contributed by atoms with Crippen LogP contribution < -0.4 is 24.9 Å². The van der Waals surface area contributed by atoms with Crippen molar-refractivity contribution in [2.45, 2.75) is 19.9 Å². The summed E-state index contributed by atoms with van der Waals surface area (Å²) in [6, 6.07) is 19.6. The van der Waals surface area contributed by atoms with E-state index in [1.807, 2.05) is 73.7 Å². The molecule has 5 rings (SSSR count). The number of aromatic nitrogens is 1. The number of allylic oxidation sites excluding steroid dienone is 1. The number of benzene rings is 2. The van der Waals surface area contributed by atoms with E-state index in [0.717, 1.165) is 11.3 Å². The summed E-state index contributed by atoms with van der Waals surface area (Å²) < 4.78 is 13.1. The number of carbonyl (C=O) groups excluding carboxylic acids is 1. The molecule has 0 radical (unpaired) electrons. The first-order valence-electron chi connectivity index (χ1n) is 11.0. The number of anilines is 1. The maximum absolute atomic E-state index is 13.7. The summed E-state index contributed by atoms with van der Waals surface area (Å²) in [5, 5.41) is 2.95. The van der Waals surface area contributed by atoms with Gasteiger partial charge in [0.15, 0.2) is 4.80 Å². The molecule has 4 aromatic rings. The van der Waals surface area contributed by atoms with Gasteiger partial charge in [0.2, 0.25) is 0 Å². The lowest BCUT2D eigenvalue weighted by Crippen LogP contribution is -2.40. The molecule has 0 spiro atoms. The smallest absolute Gasteiger partial charge is 0.271 e. The zero-order chi connectivity index (χ0) is 24.5. The molecule has 0 aliphatic carbocycles. The highest BCUT2D eigenvalue weighted by Gasteiger charge is 2.32. The Morgan fingerprint density at radius 2 is 1.91 bits per heavy atom. The van der Waals surface area contributed by atoms with Crippen molar-refractivity contribution < 1.29 is 13.9 Å². The summed E-state index contributed by atoms with van der Waals surface area (Å²) in [4.78, 5) is 32.4. The fourth-order valence-electron chi connectivity index (χ4n) is 4.12. The Morgan fingerprint density at radius 1 is 1.11 bits per heavy atom. The number of carbonyl (C=O) groups is 1. The number of nitrogens with zero attached hydrogens (tertiary/aromatic N) is 2. The Balaban J connectivity index is 1.69. The minimum Gasteiger partial charge on any atom is -0.497 e. The van der Waals surface area contributed by atoms with Crippen molar-refractivity contribution in [3.63, 3.8) is 0 Å². The van der Waals surface area contributed by atoms with E-state index < -0.39 is 6.04 Å². The summed E-state index contributed by atoms with van der Waals surface area (Å²) in [6.45, 7) is 3.64. The number of amides is 1. The number of nitrogens with one attached hydrogen (secondary N) is 1. The van der Waals surface area contributed by atoms with Gasteiger partial charge in [-0.05, 0) is 55.8 Å². The SMILES string of the molecule is COc1cccc([C@@H]2C(C(=O)Nc3ccccc3)=C(C)N=c3sc(=Cc4ccc(C)o4)c(=O)n32)c1. The Kier molecular flexibility index (Phi) is 5.96. The number of ether oxygens (including phenoxy) is 1. The van der Waals surface area contributed by atoms with Crippen LogP contribution in [0.3, 0.4) is 0 Å². The van der Waals surface area contributed by atoms with Gasteiger partial charge in [-0.15, -0.1) is 0 Å². The third-order valence-corrected chi connectivity index (χ3v) is 6.72. The molecule has 1 atom stereocenters. The summed E-state index contributed by atoms with van der Waals surface area (Å²) in [5.41, 5.74) is 2.11. The highest BCUT2D eigenvalue weighted by Crippen LogP contribution is 2.32. The van der Waals surface area contributed by atoms with Gasteiger partial charge in [-0.2, -0.15) is 0 Å². The van der Waals surface area contributed by atoms with E-state index in [1.165, 1.54) is 11.3 Å². The maximum atomic E-state index is 13.7. The minimum absolute atomic E-state index is 0.242. The number of fused-ring (bicyclic) bond motifs is 1. The molecule has 0 saturated heterocycles. The van der Waals surface area contributed by atoms with Crippen molar-refractivity contribution in [2.24, 2.45) is 4.99 Å². The van der Waals surface area contributed by atoms with Crippen LogP contribution in [0.2, 0.25) is 0 Å². The van der Waals surface area contributed by atoms with Crippen molar-refractivity contribution in [3.8, 4) is 5.75 Å². The average Bonchev–Trinajstić information content (AvgIpc) is 3.40. The molecular weight excluding hydrogens is 462 g/mol. The number of thiazole rings is 1. The quantitative estimate of drug-likeness (QED) is 0.466. The highest BCUT2D eigenvalue weighted by molar-refractivity contribution is 7.07. The number of hydrogen-bond acceptors (Lipinski definition) is 6. The summed E-state index contributed by atoms with van der Waals surface area (Å²) >= 11 is 1.27. The Labute approximate surface area is 205 Å². The van der Waals surface area contributed by atoms with Crippen LogP contribution >= 0.6 is 11.3 Å². The van der Waals surface area contributed by atoms with Gasteiger partial charge in [-0.3, -0.25) is 14.2 Å². The van der Waals surface area contributed by atoms with E-state index >= 15 is 0 Å². The molecule has 0 fully saturated rings. The van der Waals surface area contributed by atoms with Crippen molar-refractivity contribution in [1.29, 1.82) is 0 Å². The predicted octanol–water partition coefficient (Wildman–Crippen LogP) is 3.78. The van der Waals surface area contributed by atoms with Gasteiger partial charge in [0, 0.05) is 11.8 Å². The molecule has 8 heteroatoms. The Morgan fingerprint density at radius 3 is 2.63 bits per heavy atom. The first kappa shape index (κ1) is 22.6. The number of rotatable bonds is 5. The molecule has 1 aliphatic rings. The molecule has 0 unspecified atom stereocenters. The first-order chi connectivity index (χ1) is 16.9. The van der Waals surface area contributed by atoms with E-state index in [9.17, 15) is 9.59 Å². The zero-order valence-electron chi connectivity index (χ0n) is 19.4. The van der Waals surface area contributed by atoms with Crippen LogP contribution in [0.25, 0.3) is 6.08 Å². The van der Waals surface area contributed by atoms with E-state index in [4.69, 9.17) is 9.15 Å². The summed E-state index contributed by atoms with van der Waals surface area (Å²) in [5.74, 6) is 1.66. The van der Waals surface area contributed by atoms with Gasteiger partial charge in [0.05, 0.1) is 29.0 Å². The summed E-state index contributed by atoms with van der Waals surface area (Å²) in [7, 11) is 1.58. The molecule has 7 nitrogen and oxygen atoms in total. The fourth-order valence-corrected chi connectivity index (χ4v) is 5.15. The van der Waals surface area contributed by atoms with Crippen molar-refractivity contribution in [1.82, 2.24) is 4.57 Å². The van der Waals surface area contributed by atoms with E-state index in [0.29, 0.717) is 37.8 Å². The second-order valence-corrected chi connectivity index (χ2v) is 9.14. The average molecular weight is 486 g/mol. The molecule has 35 heavy (non-hydrogen) atoms. The topological polar surface area (TPSA) is 85.8 Å². The lowest BCUT2D eigenvalue weighted by atomic mass is 9.95. The van der Waals surface area contributed by atoms with Crippen LogP contribution in [-0.2, 0) is 4.79 Å². The van der Waals surface area contributed by atoms with Gasteiger partial charge in [0.25, 0.3) is 11.5 Å². The van der Waals surface area contributed by atoms with Gasteiger partial charge in [-0.1, -0.05) is 41.7 Å². The van der Waals surface area contributed by atoms with Gasteiger partial charge >= 0.3 is 0 Å². The third-order valence-electron chi connectivity index (χ3n) is 5.74. The van der Waals surface area contributed by atoms with E-state index in [1.54, 1.807) is 24.7 Å². The minimum atomic E-state index is -0.675. The molecule has 176 valence electrons. The molecule has 2 aromatic carbocycles. The van der Waals surface area contributed by atoms with Gasteiger partial charge in [0.1, 0.15) is 17.3 Å². The third kappa shape index (κ3) is 4.36. The molecule has 0 saturated carbocycles. The molecule has 1 aliphatic heterocycles. The van der Waals surface area contributed by atoms with Crippen LogP contribution in [0.5, 0.6) is 5.75 Å². The molecular formula is C27H23N3O4S. The van der Waals surface area contributed by atoms with Crippen LogP contribution in [0.15, 0.2) is 92.2 Å². The van der Waals surface area contributed by atoms with E-state index in [2.05, 4.69) is 10.3 Å². The molecule has 2 aromatic heterocycles. The number of hydrogen-bond donors (Lipinski definition) is 1. The second kappa shape index (κ2) is 9.23. The lowest BCUT2D eigenvalue weighted by Gasteiger charge is -2.25. The molecule has 1 amide bonds. The predicted molar refractivity (Wildman–Crippen MR) is 135 cm³/mol. The largest absolute Gasteiger partial charge is 0.497 e. The van der Waals surface area contributed by atoms with Gasteiger partial charge < -0.3 is 14.5 Å². The highest BCUT2D eigenvalue weighted by atomic mass is 32.1. The Hall–Kier alpha value is -4.17. The maximum Gasteiger partial charge on any atom is 0.271 e. The van der Waals surface area contributed by atoms with Gasteiger partial charge in [-0.25, -0.2) is 4.99 Å². The van der Waals surface area contributed by atoms with Crippen molar-refractivity contribution in [2.75, 3.05) is 12.4 Å². The Bertz CT molecular complexity index is 1630. The standard InChI is InChI=1S/C27H23N3O4S/c1-16-12-13-21(34-16)15-22-26(32)30-24(18-8-7-11-20(14-18)33-3)23(17(2)28-27(30)35-22)25(31)29-19-9-5-4-6-10-19/h4-15,24H,1-3H3,(H,29,31)/t24-/m1/s1. The van der Waals surface area contributed by atoms with Crippen molar-refractivity contribution >= 4 is 29.0 Å². The summed E-state index contributed by atoms with van der Waals surface area (Å²) in [6.07, 6.45) is 1.71. The van der Waals surface area contributed by atoms with Crippen LogP contribution in [0.1, 0.15) is 30.0 Å². The normalized spacial score (nSPS) is 15.5. The van der Waals surface area contributed by atoms with Crippen LogP contribution in [0.4, 0.5) is 5.69 Å². The number of furan rings is 1. The molecule has 3 heterocycles. The van der Waals surface area contributed by atoms with E-state index in [-0.39, 0.29) is 11.5 Å². The molecule has 0 bridgehead atoms. The fraction of sp³-hybridized carbons (Fsp3) is 0.148. The number of methoxy groups -OCH3 is 1.